The van der Waals surface area contributed by atoms with Crippen LogP contribution in [-0.2, 0) is 9.53 Å². The summed E-state index contributed by atoms with van der Waals surface area (Å²) in [4.78, 5) is 29.1. The van der Waals surface area contributed by atoms with E-state index in [-0.39, 0.29) is 11.6 Å². The molecule has 0 radical (unpaired) electrons. The van der Waals surface area contributed by atoms with Gasteiger partial charge in [0.1, 0.15) is 11.4 Å². The van der Waals surface area contributed by atoms with E-state index >= 15 is 0 Å². The molecule has 7 nitrogen and oxygen atoms in total. The average Bonchev–Trinajstić information content (AvgIpc) is 3.00. The van der Waals surface area contributed by atoms with E-state index in [0.717, 1.165) is 30.3 Å². The van der Waals surface area contributed by atoms with Crippen LogP contribution in [-0.4, -0.2) is 50.2 Å². The molecule has 2 heterocycles. The summed E-state index contributed by atoms with van der Waals surface area (Å²) < 4.78 is 10.1. The number of nitrogens with one attached hydrogen (secondary N) is 3. The lowest BCUT2D eigenvalue weighted by molar-refractivity contribution is -0.920. The third-order valence-corrected chi connectivity index (χ3v) is 5.13. The number of esters is 1. The highest BCUT2D eigenvalue weighted by Crippen LogP contribution is 2.31. The number of hydrogen-bond acceptors (Lipinski definition) is 4. The van der Waals surface area contributed by atoms with Gasteiger partial charge in [-0.1, -0.05) is 0 Å². The number of methoxy groups -OCH3 is 2. The Hall–Kier alpha value is -2.54. The smallest absolute Gasteiger partial charge is 0.356 e. The number of aromatic amines is 1. The van der Waals surface area contributed by atoms with Gasteiger partial charge in [0.15, 0.2) is 6.54 Å². The maximum atomic E-state index is 12.7. The lowest BCUT2D eigenvalue weighted by atomic mass is 10.0. The second-order valence-electron chi connectivity index (χ2n) is 6.81. The predicted octanol–water partition coefficient (Wildman–Crippen LogP) is 1.36. The minimum atomic E-state index is -0.519. The molecule has 0 aliphatic carbocycles. The number of benzene rings is 1. The minimum absolute atomic E-state index is 0.109. The Morgan fingerprint density at radius 1 is 1.31 bits per heavy atom. The van der Waals surface area contributed by atoms with E-state index in [0.29, 0.717) is 24.0 Å². The number of rotatable bonds is 5. The maximum absolute atomic E-state index is 12.7. The van der Waals surface area contributed by atoms with Crippen molar-refractivity contribution in [2.75, 3.05) is 32.6 Å². The molecule has 0 bridgehead atoms. The van der Waals surface area contributed by atoms with Gasteiger partial charge in [0, 0.05) is 10.9 Å². The molecule has 1 unspecified atom stereocenters. The van der Waals surface area contributed by atoms with E-state index in [2.05, 4.69) is 17.2 Å². The Bertz CT molecular complexity index is 814. The van der Waals surface area contributed by atoms with Gasteiger partial charge in [-0.05, 0) is 44.4 Å². The number of amides is 1. The molecule has 3 N–H and O–H groups in total. The fourth-order valence-electron chi connectivity index (χ4n) is 3.59. The zero-order valence-corrected chi connectivity index (χ0v) is 15.5. The number of piperidine rings is 1. The minimum Gasteiger partial charge on any atom is -0.497 e. The number of anilines is 1. The SMILES string of the molecule is COC(=O)c1[nH]c2ccc(OC)cc2c1NC(=O)C[NH+]1CCCC[C@@H]1C. The number of carbonyl (C=O) groups is 2. The first-order valence-corrected chi connectivity index (χ1v) is 8.96. The van der Waals surface area contributed by atoms with Crippen molar-refractivity contribution in [3.63, 3.8) is 0 Å². The third-order valence-electron chi connectivity index (χ3n) is 5.13. The maximum Gasteiger partial charge on any atom is 0.356 e. The third kappa shape index (κ3) is 3.67. The molecule has 1 aromatic heterocycles. The molecule has 1 saturated heterocycles. The van der Waals surface area contributed by atoms with Crippen LogP contribution in [0.1, 0.15) is 36.7 Å². The number of H-pyrrole nitrogens is 1. The van der Waals surface area contributed by atoms with Crippen LogP contribution < -0.4 is 15.0 Å². The molecule has 1 aliphatic heterocycles. The second-order valence-corrected chi connectivity index (χ2v) is 6.81. The quantitative estimate of drug-likeness (QED) is 0.703. The van der Waals surface area contributed by atoms with Crippen molar-refractivity contribution in [1.29, 1.82) is 0 Å². The fraction of sp³-hybridized carbons (Fsp3) is 0.474. The normalized spacial score (nSPS) is 20.0. The first-order valence-electron chi connectivity index (χ1n) is 8.96. The number of carbonyl (C=O) groups excluding carboxylic acids is 2. The van der Waals surface area contributed by atoms with Crippen LogP contribution >= 0.6 is 0 Å². The van der Waals surface area contributed by atoms with Gasteiger partial charge in [-0.3, -0.25) is 4.79 Å². The molecule has 1 amide bonds. The molecular weight excluding hydrogens is 334 g/mol. The molecule has 1 aliphatic rings. The molecular formula is C19H26N3O4+. The highest BCUT2D eigenvalue weighted by Gasteiger charge is 2.26. The molecule has 0 spiro atoms. The van der Waals surface area contributed by atoms with Crippen LogP contribution in [0, 0.1) is 0 Å². The summed E-state index contributed by atoms with van der Waals surface area (Å²) in [5, 5.41) is 3.64. The van der Waals surface area contributed by atoms with E-state index in [1.807, 2.05) is 6.07 Å². The highest BCUT2D eigenvalue weighted by molar-refractivity contribution is 6.11. The fourth-order valence-corrected chi connectivity index (χ4v) is 3.59. The molecule has 0 saturated carbocycles. The van der Waals surface area contributed by atoms with Crippen LogP contribution in [0.2, 0.25) is 0 Å². The number of hydrogen-bond donors (Lipinski definition) is 3. The Kier molecular flexibility index (Phi) is 5.46. The first kappa shape index (κ1) is 18.3. The number of fused-ring (bicyclic) bond motifs is 1. The standard InChI is InChI=1S/C19H25N3O4/c1-12-6-4-5-9-22(12)11-16(23)21-17-14-10-13(25-2)7-8-15(14)20-18(17)19(24)26-3/h7-8,10,12,20H,4-6,9,11H2,1-3H3,(H,21,23)/p+1/t12-/m0/s1. The van der Waals surface area contributed by atoms with Crippen molar-refractivity contribution < 1.29 is 24.0 Å². The van der Waals surface area contributed by atoms with E-state index in [9.17, 15) is 9.59 Å². The lowest BCUT2D eigenvalue weighted by Gasteiger charge is -2.29. The zero-order valence-electron chi connectivity index (χ0n) is 15.5. The van der Waals surface area contributed by atoms with Crippen LogP contribution in [0.5, 0.6) is 5.75 Å². The summed E-state index contributed by atoms with van der Waals surface area (Å²) >= 11 is 0. The van der Waals surface area contributed by atoms with Gasteiger partial charge in [-0.15, -0.1) is 0 Å². The van der Waals surface area contributed by atoms with Gasteiger partial charge < -0.3 is 24.7 Å². The lowest BCUT2D eigenvalue weighted by Crippen LogP contribution is -3.17. The predicted molar refractivity (Wildman–Crippen MR) is 98.8 cm³/mol. The molecule has 1 fully saturated rings. The first-order chi connectivity index (χ1) is 12.5. The Balaban J connectivity index is 1.88. The monoisotopic (exact) mass is 360 g/mol. The van der Waals surface area contributed by atoms with Gasteiger partial charge in [0.2, 0.25) is 0 Å². The van der Waals surface area contributed by atoms with Crippen LogP contribution in [0.25, 0.3) is 10.9 Å². The second kappa shape index (κ2) is 7.78. The molecule has 26 heavy (non-hydrogen) atoms. The summed E-state index contributed by atoms with van der Waals surface area (Å²) in [5.41, 5.74) is 1.42. The van der Waals surface area contributed by atoms with E-state index in [1.165, 1.54) is 18.4 Å². The largest absolute Gasteiger partial charge is 0.497 e. The molecule has 1 aromatic carbocycles. The summed E-state index contributed by atoms with van der Waals surface area (Å²) in [6.07, 6.45) is 3.51. The van der Waals surface area contributed by atoms with Crippen molar-refractivity contribution in [2.45, 2.75) is 32.2 Å². The van der Waals surface area contributed by atoms with Gasteiger partial charge in [-0.2, -0.15) is 0 Å². The zero-order chi connectivity index (χ0) is 18.7. The van der Waals surface area contributed by atoms with Crippen molar-refractivity contribution in [3.8, 4) is 5.75 Å². The van der Waals surface area contributed by atoms with Crippen LogP contribution in [0.3, 0.4) is 0 Å². The molecule has 7 heteroatoms. The number of likely N-dealkylation sites (tertiary alicyclic amines) is 1. The van der Waals surface area contributed by atoms with Gasteiger partial charge in [0.05, 0.1) is 32.5 Å². The highest BCUT2D eigenvalue weighted by atomic mass is 16.5. The van der Waals surface area contributed by atoms with Crippen molar-refractivity contribution >= 4 is 28.5 Å². The number of ether oxygens (including phenoxy) is 2. The summed E-state index contributed by atoms with van der Waals surface area (Å²) in [5.74, 6) is 0.0236. The van der Waals surface area contributed by atoms with Crippen molar-refractivity contribution in [1.82, 2.24) is 4.98 Å². The van der Waals surface area contributed by atoms with Crippen molar-refractivity contribution in [3.05, 3.63) is 23.9 Å². The molecule has 2 atom stereocenters. The average molecular weight is 360 g/mol. The topological polar surface area (TPSA) is 84.9 Å². The van der Waals surface area contributed by atoms with Crippen LogP contribution in [0.4, 0.5) is 5.69 Å². The summed E-state index contributed by atoms with van der Waals surface area (Å²) in [6.45, 7) is 3.57. The van der Waals surface area contributed by atoms with Crippen molar-refractivity contribution in [2.24, 2.45) is 0 Å². The molecule has 140 valence electrons. The number of aromatic nitrogens is 1. The summed E-state index contributed by atoms with van der Waals surface area (Å²) in [6, 6.07) is 5.88. The number of quaternary nitrogens is 1. The van der Waals surface area contributed by atoms with E-state index in [1.54, 1.807) is 19.2 Å². The van der Waals surface area contributed by atoms with E-state index < -0.39 is 5.97 Å². The Morgan fingerprint density at radius 2 is 2.12 bits per heavy atom. The Morgan fingerprint density at radius 3 is 2.81 bits per heavy atom. The van der Waals surface area contributed by atoms with E-state index in [4.69, 9.17) is 9.47 Å². The van der Waals surface area contributed by atoms with Gasteiger partial charge in [-0.25, -0.2) is 4.79 Å². The summed E-state index contributed by atoms with van der Waals surface area (Å²) in [7, 11) is 2.90. The molecule has 2 aromatic rings. The van der Waals surface area contributed by atoms with Gasteiger partial charge in [0.25, 0.3) is 5.91 Å². The molecule has 3 rings (SSSR count). The van der Waals surface area contributed by atoms with Crippen LogP contribution in [0.15, 0.2) is 18.2 Å². The van der Waals surface area contributed by atoms with Gasteiger partial charge >= 0.3 is 5.97 Å². The Labute approximate surface area is 152 Å².